The molecule has 2 fully saturated rings. The van der Waals surface area contributed by atoms with E-state index in [0.29, 0.717) is 31.6 Å². The van der Waals surface area contributed by atoms with Gasteiger partial charge in [0.25, 0.3) is 0 Å². The van der Waals surface area contributed by atoms with Gasteiger partial charge in [-0.1, -0.05) is 0 Å². The molecule has 4 rings (SSSR count). The van der Waals surface area contributed by atoms with E-state index in [1.807, 2.05) is 24.3 Å². The van der Waals surface area contributed by atoms with E-state index in [-0.39, 0.29) is 5.91 Å². The van der Waals surface area contributed by atoms with Crippen LogP contribution in [0.2, 0.25) is 0 Å². The molecule has 2 aromatic rings. The van der Waals surface area contributed by atoms with Crippen LogP contribution < -0.4 is 15.8 Å². The highest BCUT2D eigenvalue weighted by atomic mass is 16.5. The van der Waals surface area contributed by atoms with E-state index in [9.17, 15) is 4.79 Å². The number of H-pyrrole nitrogens is 1. The lowest BCUT2D eigenvalue weighted by atomic mass is 10.1. The van der Waals surface area contributed by atoms with Crippen LogP contribution in [-0.2, 0) is 11.3 Å². The van der Waals surface area contributed by atoms with Crippen molar-refractivity contribution >= 4 is 5.91 Å². The predicted molar refractivity (Wildman–Crippen MR) is 112 cm³/mol. The Kier molecular flexibility index (Phi) is 6.16. The Morgan fingerprint density at radius 2 is 2.00 bits per heavy atom. The molecule has 29 heavy (non-hydrogen) atoms. The predicted octanol–water partition coefficient (Wildman–Crippen LogP) is 2.29. The normalized spacial score (nSPS) is 22.0. The number of rotatable bonds is 9. The van der Waals surface area contributed by atoms with Crippen molar-refractivity contribution in [3.63, 3.8) is 0 Å². The summed E-state index contributed by atoms with van der Waals surface area (Å²) in [6, 6.07) is 8.55. The number of nitrogens with zero attached hydrogens (tertiary/aromatic N) is 2. The number of nitrogens with one attached hydrogen (secondary N) is 2. The minimum atomic E-state index is 0.0929. The molecular formula is C22H31N5O2. The fraction of sp³-hybridized carbons (Fsp3) is 0.545. The Morgan fingerprint density at radius 3 is 2.69 bits per heavy atom. The number of ether oxygens (including phenoxy) is 1. The molecule has 7 nitrogen and oxygen atoms in total. The molecule has 1 saturated carbocycles. The van der Waals surface area contributed by atoms with Gasteiger partial charge in [0, 0.05) is 49.3 Å². The first-order valence-electron chi connectivity index (χ1n) is 10.6. The van der Waals surface area contributed by atoms with Gasteiger partial charge in [-0.25, -0.2) is 0 Å². The van der Waals surface area contributed by atoms with E-state index >= 15 is 0 Å². The molecule has 0 spiro atoms. The lowest BCUT2D eigenvalue weighted by Gasteiger charge is -2.29. The second-order valence-corrected chi connectivity index (χ2v) is 8.24. The van der Waals surface area contributed by atoms with Gasteiger partial charge in [0.1, 0.15) is 5.75 Å². The van der Waals surface area contributed by atoms with E-state index in [0.717, 1.165) is 47.9 Å². The summed E-state index contributed by atoms with van der Waals surface area (Å²) in [5, 5.41) is 10.3. The minimum absolute atomic E-state index is 0.0929. The Bertz CT molecular complexity index is 815. The molecule has 1 aliphatic heterocycles. The lowest BCUT2D eigenvalue weighted by Crippen LogP contribution is -2.43. The number of aromatic nitrogens is 2. The van der Waals surface area contributed by atoms with E-state index in [1.165, 1.54) is 12.8 Å². The number of carbonyl (C=O) groups excluding carboxylic acids is 1. The highest BCUT2D eigenvalue weighted by molar-refractivity contribution is 5.77. The first kappa shape index (κ1) is 19.9. The van der Waals surface area contributed by atoms with Gasteiger partial charge in [-0.3, -0.25) is 14.8 Å². The molecule has 0 unspecified atom stereocenters. The second-order valence-electron chi connectivity index (χ2n) is 8.24. The maximum Gasteiger partial charge on any atom is 0.221 e. The number of methoxy groups -OCH3 is 1. The quantitative estimate of drug-likeness (QED) is 0.603. The molecule has 1 amide bonds. The molecule has 1 saturated heterocycles. The molecule has 0 radical (unpaired) electrons. The van der Waals surface area contributed by atoms with Gasteiger partial charge in [0.15, 0.2) is 0 Å². The molecule has 2 aliphatic rings. The summed E-state index contributed by atoms with van der Waals surface area (Å²) in [5.41, 5.74) is 8.88. The summed E-state index contributed by atoms with van der Waals surface area (Å²) in [6.07, 6.45) is 7.12. The van der Waals surface area contributed by atoms with Gasteiger partial charge in [0.2, 0.25) is 5.91 Å². The third-order valence-corrected chi connectivity index (χ3v) is 6.20. The highest BCUT2D eigenvalue weighted by Crippen LogP contribution is 2.35. The van der Waals surface area contributed by atoms with Crippen LogP contribution in [0.15, 0.2) is 30.5 Å². The van der Waals surface area contributed by atoms with Gasteiger partial charge in [-0.05, 0) is 55.9 Å². The van der Waals surface area contributed by atoms with Crippen molar-refractivity contribution in [2.45, 2.75) is 50.7 Å². The van der Waals surface area contributed by atoms with Gasteiger partial charge in [-0.15, -0.1) is 0 Å². The molecule has 2 atom stereocenters. The van der Waals surface area contributed by atoms with E-state index in [1.54, 1.807) is 13.3 Å². The Hall–Kier alpha value is -2.38. The van der Waals surface area contributed by atoms with Gasteiger partial charge >= 0.3 is 0 Å². The van der Waals surface area contributed by atoms with Gasteiger partial charge < -0.3 is 15.8 Å². The molecule has 1 aromatic heterocycles. The Morgan fingerprint density at radius 1 is 1.24 bits per heavy atom. The molecule has 1 aliphatic carbocycles. The number of hydrogen-bond acceptors (Lipinski definition) is 5. The summed E-state index contributed by atoms with van der Waals surface area (Å²) in [7, 11) is 1.65. The van der Waals surface area contributed by atoms with E-state index < -0.39 is 0 Å². The molecule has 2 heterocycles. The minimum Gasteiger partial charge on any atom is -0.497 e. The van der Waals surface area contributed by atoms with Crippen molar-refractivity contribution < 1.29 is 9.53 Å². The summed E-state index contributed by atoms with van der Waals surface area (Å²) >= 11 is 0. The fourth-order valence-electron chi connectivity index (χ4n) is 4.32. The van der Waals surface area contributed by atoms with Crippen LogP contribution in [0.1, 0.15) is 37.7 Å². The SMILES string of the molecule is COc1ccc(-c2[nH]ncc2CNC(=O)C[C@@H]2CC[C@H](CN)N2CC2CC2)cc1. The van der Waals surface area contributed by atoms with Crippen molar-refractivity contribution in [3.8, 4) is 17.0 Å². The number of nitrogens with two attached hydrogens (primary N) is 1. The largest absolute Gasteiger partial charge is 0.497 e. The number of carbonyl (C=O) groups is 1. The number of likely N-dealkylation sites (tertiary alicyclic amines) is 1. The summed E-state index contributed by atoms with van der Waals surface area (Å²) in [4.78, 5) is 15.1. The Labute approximate surface area is 172 Å². The van der Waals surface area contributed by atoms with E-state index in [2.05, 4.69) is 20.4 Å². The third kappa shape index (κ3) is 4.79. The molecular weight excluding hydrogens is 366 g/mol. The number of aromatic amines is 1. The zero-order valence-electron chi connectivity index (χ0n) is 17.1. The zero-order chi connectivity index (χ0) is 20.2. The summed E-state index contributed by atoms with van der Waals surface area (Å²) in [5.74, 6) is 1.72. The number of benzene rings is 1. The van der Waals surface area contributed by atoms with Crippen molar-refractivity contribution in [2.75, 3.05) is 20.2 Å². The van der Waals surface area contributed by atoms with Crippen molar-refractivity contribution in [1.29, 1.82) is 0 Å². The molecule has 7 heteroatoms. The van der Waals surface area contributed by atoms with Gasteiger partial charge in [-0.2, -0.15) is 5.10 Å². The first-order valence-corrected chi connectivity index (χ1v) is 10.6. The van der Waals surface area contributed by atoms with E-state index in [4.69, 9.17) is 10.5 Å². The van der Waals surface area contributed by atoms with Crippen LogP contribution in [0.5, 0.6) is 5.75 Å². The molecule has 156 valence electrons. The summed E-state index contributed by atoms with van der Waals surface area (Å²) in [6.45, 7) is 2.25. The van der Waals surface area contributed by atoms with Crippen LogP contribution in [0.3, 0.4) is 0 Å². The summed E-state index contributed by atoms with van der Waals surface area (Å²) < 4.78 is 5.22. The lowest BCUT2D eigenvalue weighted by molar-refractivity contribution is -0.122. The molecule has 0 bridgehead atoms. The Balaban J connectivity index is 1.33. The molecule has 1 aromatic carbocycles. The van der Waals surface area contributed by atoms with Crippen LogP contribution in [-0.4, -0.2) is 53.3 Å². The first-order chi connectivity index (χ1) is 14.2. The smallest absolute Gasteiger partial charge is 0.221 e. The monoisotopic (exact) mass is 397 g/mol. The van der Waals surface area contributed by atoms with Gasteiger partial charge in [0.05, 0.1) is 19.0 Å². The van der Waals surface area contributed by atoms with Crippen LogP contribution in [0.4, 0.5) is 0 Å². The van der Waals surface area contributed by atoms with Crippen LogP contribution in [0.25, 0.3) is 11.3 Å². The van der Waals surface area contributed by atoms with Crippen molar-refractivity contribution in [1.82, 2.24) is 20.4 Å². The maximum absolute atomic E-state index is 12.7. The zero-order valence-corrected chi connectivity index (χ0v) is 17.1. The van der Waals surface area contributed by atoms with Crippen LogP contribution in [0, 0.1) is 5.92 Å². The van der Waals surface area contributed by atoms with Crippen LogP contribution >= 0.6 is 0 Å². The standard InChI is InChI=1S/C22H31N5O2/c1-29-20-8-4-16(5-9-20)22-17(13-25-26-22)12-24-21(28)10-18-6-7-19(11-23)27(18)14-15-2-3-15/h4-5,8-9,13,15,18-19H,2-3,6-7,10-12,14,23H2,1H3,(H,24,28)(H,25,26)/t18-,19+/m0/s1. The topological polar surface area (TPSA) is 96.3 Å². The average Bonchev–Trinajstić information content (AvgIpc) is 3.30. The van der Waals surface area contributed by atoms with Crippen molar-refractivity contribution in [3.05, 3.63) is 36.0 Å². The fourth-order valence-corrected chi connectivity index (χ4v) is 4.32. The molecule has 4 N–H and O–H groups in total. The number of hydrogen-bond donors (Lipinski definition) is 3. The van der Waals surface area contributed by atoms with Crippen molar-refractivity contribution in [2.24, 2.45) is 11.7 Å². The maximum atomic E-state index is 12.7. The highest BCUT2D eigenvalue weighted by Gasteiger charge is 2.37. The average molecular weight is 398 g/mol. The number of amides is 1. The third-order valence-electron chi connectivity index (χ3n) is 6.20. The second kappa shape index (κ2) is 8.97.